The van der Waals surface area contributed by atoms with Crippen molar-refractivity contribution in [2.24, 2.45) is 17.8 Å². The zero-order valence-corrected chi connectivity index (χ0v) is 16.3. The summed E-state index contributed by atoms with van der Waals surface area (Å²) in [6.45, 7) is 0.375. The third-order valence-electron chi connectivity index (χ3n) is 6.11. The highest BCUT2D eigenvalue weighted by Crippen LogP contribution is 2.47. The minimum atomic E-state index is -4.10. The molecule has 2 atom stereocenters. The number of carbonyl (C=O) groups is 1. The van der Waals surface area contributed by atoms with E-state index in [9.17, 15) is 18.0 Å². The Morgan fingerprint density at radius 2 is 1.90 bits per heavy atom. The largest absolute Gasteiger partial charge is 0.492 e. The first-order valence-electron chi connectivity index (χ1n) is 10.1. The van der Waals surface area contributed by atoms with E-state index in [1.807, 2.05) is 18.2 Å². The van der Waals surface area contributed by atoms with Crippen LogP contribution in [-0.2, 0) is 4.79 Å². The van der Waals surface area contributed by atoms with Crippen LogP contribution in [-0.4, -0.2) is 33.8 Å². The summed E-state index contributed by atoms with van der Waals surface area (Å²) >= 11 is 0. The van der Waals surface area contributed by atoms with Gasteiger partial charge in [-0.2, -0.15) is 13.2 Å². The van der Waals surface area contributed by atoms with Crippen molar-refractivity contribution in [3.05, 3.63) is 42.5 Å². The normalized spacial score (nSPS) is 26.2. The molecule has 2 heterocycles. The molecule has 8 heteroatoms. The number of hydrogen-bond acceptors (Lipinski definition) is 4. The Labute approximate surface area is 172 Å². The minimum Gasteiger partial charge on any atom is -0.492 e. The summed E-state index contributed by atoms with van der Waals surface area (Å²) in [6.07, 6.45) is 2.80. The Morgan fingerprint density at radius 3 is 2.57 bits per heavy atom. The Bertz CT molecular complexity index is 910. The number of aromatic nitrogens is 2. The predicted octanol–water partition coefficient (Wildman–Crippen LogP) is 5.08. The molecule has 0 aromatic carbocycles. The number of carboxylic acid groups (broad SMARTS) is 1. The molecule has 0 radical (unpaired) electrons. The molecule has 2 fully saturated rings. The van der Waals surface area contributed by atoms with Crippen molar-refractivity contribution in [3.63, 3.8) is 0 Å². The third-order valence-corrected chi connectivity index (χ3v) is 6.11. The maximum absolute atomic E-state index is 12.8. The van der Waals surface area contributed by atoms with Crippen LogP contribution in [0.4, 0.5) is 13.2 Å². The summed E-state index contributed by atoms with van der Waals surface area (Å²) in [5.41, 5.74) is 2.46. The van der Waals surface area contributed by atoms with Crippen molar-refractivity contribution in [1.82, 2.24) is 9.97 Å². The molecule has 2 aliphatic carbocycles. The molecule has 160 valence electrons. The van der Waals surface area contributed by atoms with Crippen LogP contribution >= 0.6 is 0 Å². The van der Waals surface area contributed by atoms with E-state index in [1.165, 1.54) is 0 Å². The molecule has 5 nitrogen and oxygen atoms in total. The van der Waals surface area contributed by atoms with Crippen LogP contribution in [0.5, 0.6) is 5.75 Å². The molecule has 30 heavy (non-hydrogen) atoms. The van der Waals surface area contributed by atoms with Crippen LogP contribution in [0.3, 0.4) is 0 Å². The van der Waals surface area contributed by atoms with Gasteiger partial charge in [0.15, 0.2) is 0 Å². The highest BCUT2D eigenvalue weighted by molar-refractivity contribution is 5.75. The van der Waals surface area contributed by atoms with Gasteiger partial charge < -0.3 is 9.84 Å². The summed E-state index contributed by atoms with van der Waals surface area (Å²) in [5, 5.41) is 9.12. The number of halogens is 3. The lowest BCUT2D eigenvalue weighted by Gasteiger charge is -2.29. The average Bonchev–Trinajstić information content (AvgIpc) is 3.54. The van der Waals surface area contributed by atoms with Gasteiger partial charge in [0, 0.05) is 29.6 Å². The number of nitrogens with zero attached hydrogens (tertiary/aromatic N) is 2. The van der Waals surface area contributed by atoms with Crippen LogP contribution in [0.25, 0.3) is 11.1 Å². The first-order chi connectivity index (χ1) is 14.3. The zero-order chi connectivity index (χ0) is 21.3. The number of carboxylic acids is 1. The van der Waals surface area contributed by atoms with Crippen molar-refractivity contribution in [2.45, 2.75) is 44.2 Å². The molecule has 0 amide bonds. The van der Waals surface area contributed by atoms with E-state index in [0.29, 0.717) is 31.6 Å². The number of ether oxygens (including phenoxy) is 1. The standard InChI is InChI=1S/C22H23F3N2O3/c23-22(24,25)16-3-1-13(2-4-16)12-30-17-7-15(10-26-11-17)14-5-6-27-20(8-14)18-9-19(18)21(28)29/h5-8,10-11,13,16,18-19H,1-4,9,12H2,(H,28,29)/t13?,16?,18-,19-/m0/s1. The fourth-order valence-corrected chi connectivity index (χ4v) is 4.15. The van der Waals surface area contributed by atoms with Crippen LogP contribution < -0.4 is 4.74 Å². The zero-order valence-electron chi connectivity index (χ0n) is 16.3. The quantitative estimate of drug-likeness (QED) is 0.706. The van der Waals surface area contributed by atoms with Crippen LogP contribution in [0.15, 0.2) is 36.8 Å². The summed E-state index contributed by atoms with van der Waals surface area (Å²) in [7, 11) is 0. The molecular weight excluding hydrogens is 397 g/mol. The SMILES string of the molecule is O=C(O)[C@H]1C[C@@H]1c1cc(-c2cncc(OCC3CCC(C(F)(F)F)CC3)c2)ccn1. The van der Waals surface area contributed by atoms with Gasteiger partial charge in [0.25, 0.3) is 0 Å². The highest BCUT2D eigenvalue weighted by Gasteiger charge is 2.45. The number of rotatable bonds is 6. The van der Waals surface area contributed by atoms with Gasteiger partial charge in [0.05, 0.1) is 24.6 Å². The minimum absolute atomic E-state index is 0.0540. The molecular formula is C22H23F3N2O3. The van der Waals surface area contributed by atoms with Gasteiger partial charge in [-0.3, -0.25) is 14.8 Å². The number of hydrogen-bond donors (Lipinski definition) is 1. The van der Waals surface area contributed by atoms with Gasteiger partial charge in [-0.25, -0.2) is 0 Å². The molecule has 2 aromatic rings. The van der Waals surface area contributed by atoms with Gasteiger partial charge in [0.2, 0.25) is 0 Å². The third kappa shape index (κ3) is 4.74. The Morgan fingerprint density at radius 1 is 1.13 bits per heavy atom. The van der Waals surface area contributed by atoms with Crippen molar-refractivity contribution in [2.75, 3.05) is 6.61 Å². The molecule has 1 N–H and O–H groups in total. The van der Waals surface area contributed by atoms with E-state index in [4.69, 9.17) is 9.84 Å². The smallest absolute Gasteiger partial charge is 0.391 e. The molecule has 2 aromatic heterocycles. The predicted molar refractivity (Wildman–Crippen MR) is 103 cm³/mol. The average molecular weight is 420 g/mol. The molecule has 0 aliphatic heterocycles. The maximum atomic E-state index is 12.8. The summed E-state index contributed by atoms with van der Waals surface area (Å²) < 4.78 is 44.2. The van der Waals surface area contributed by atoms with E-state index >= 15 is 0 Å². The molecule has 0 saturated heterocycles. The van der Waals surface area contributed by atoms with Crippen LogP contribution in [0.2, 0.25) is 0 Å². The fraction of sp³-hybridized carbons (Fsp3) is 0.500. The number of aliphatic carboxylic acids is 1. The lowest BCUT2D eigenvalue weighted by molar-refractivity contribution is -0.184. The van der Waals surface area contributed by atoms with E-state index in [0.717, 1.165) is 16.8 Å². The molecule has 2 aliphatic rings. The number of pyridine rings is 2. The van der Waals surface area contributed by atoms with Crippen LogP contribution in [0, 0.1) is 17.8 Å². The van der Waals surface area contributed by atoms with E-state index < -0.39 is 18.1 Å². The summed E-state index contributed by atoms with van der Waals surface area (Å²) in [4.78, 5) is 19.6. The molecule has 4 rings (SSSR count). The van der Waals surface area contributed by atoms with Gasteiger partial charge in [-0.15, -0.1) is 0 Å². The van der Waals surface area contributed by atoms with Crippen molar-refractivity contribution < 1.29 is 27.8 Å². The van der Waals surface area contributed by atoms with E-state index in [1.54, 1.807) is 18.6 Å². The molecule has 0 unspecified atom stereocenters. The Balaban J connectivity index is 1.36. The lowest BCUT2D eigenvalue weighted by Crippen LogP contribution is -2.29. The molecule has 0 bridgehead atoms. The second kappa shape index (κ2) is 8.24. The highest BCUT2D eigenvalue weighted by atomic mass is 19.4. The maximum Gasteiger partial charge on any atom is 0.391 e. The van der Waals surface area contributed by atoms with Gasteiger partial charge in [0.1, 0.15) is 5.75 Å². The molecule has 2 saturated carbocycles. The topological polar surface area (TPSA) is 72.3 Å². The fourth-order valence-electron chi connectivity index (χ4n) is 4.15. The van der Waals surface area contributed by atoms with Crippen molar-refractivity contribution >= 4 is 5.97 Å². The Kier molecular flexibility index (Phi) is 5.66. The lowest BCUT2D eigenvalue weighted by atomic mass is 9.82. The molecule has 0 spiro atoms. The van der Waals surface area contributed by atoms with Gasteiger partial charge in [-0.05, 0) is 61.8 Å². The van der Waals surface area contributed by atoms with E-state index in [-0.39, 0.29) is 30.6 Å². The monoisotopic (exact) mass is 420 g/mol. The second-order valence-electron chi connectivity index (χ2n) is 8.24. The second-order valence-corrected chi connectivity index (χ2v) is 8.24. The Hall–Kier alpha value is -2.64. The summed E-state index contributed by atoms with van der Waals surface area (Å²) in [5.74, 6) is -1.73. The van der Waals surface area contributed by atoms with Gasteiger partial charge >= 0.3 is 12.1 Å². The first-order valence-corrected chi connectivity index (χ1v) is 10.1. The number of alkyl halides is 3. The van der Waals surface area contributed by atoms with E-state index in [2.05, 4.69) is 9.97 Å². The first kappa shape index (κ1) is 20.6. The summed E-state index contributed by atoms with van der Waals surface area (Å²) in [6, 6.07) is 5.56. The van der Waals surface area contributed by atoms with Crippen molar-refractivity contribution in [1.29, 1.82) is 0 Å². The van der Waals surface area contributed by atoms with Crippen molar-refractivity contribution in [3.8, 4) is 16.9 Å². The van der Waals surface area contributed by atoms with Crippen LogP contribution in [0.1, 0.15) is 43.7 Å². The van der Waals surface area contributed by atoms with Gasteiger partial charge in [-0.1, -0.05) is 0 Å².